The number of para-hydroxylation sites is 2. The molecule has 1 saturated carbocycles. The highest BCUT2D eigenvalue weighted by Crippen LogP contribution is 2.47. The number of piperidine rings is 1. The van der Waals surface area contributed by atoms with Gasteiger partial charge in [0.2, 0.25) is 5.91 Å². The summed E-state index contributed by atoms with van der Waals surface area (Å²) in [7, 11) is 1.66. The van der Waals surface area contributed by atoms with Crippen LogP contribution in [0.2, 0.25) is 0 Å². The van der Waals surface area contributed by atoms with Crippen LogP contribution in [-0.4, -0.2) is 41.9 Å². The van der Waals surface area contributed by atoms with Crippen molar-refractivity contribution in [2.24, 2.45) is 5.92 Å². The van der Waals surface area contributed by atoms with Gasteiger partial charge in [0, 0.05) is 34.8 Å². The number of benzene rings is 2. The third-order valence-corrected chi connectivity index (χ3v) is 7.79. The summed E-state index contributed by atoms with van der Waals surface area (Å²) >= 11 is 0. The predicted octanol–water partition coefficient (Wildman–Crippen LogP) is 5.35. The molecule has 3 heterocycles. The van der Waals surface area contributed by atoms with Crippen LogP contribution in [0.3, 0.4) is 0 Å². The summed E-state index contributed by atoms with van der Waals surface area (Å²) in [6.07, 6.45) is 9.99. The van der Waals surface area contributed by atoms with Gasteiger partial charge in [0.05, 0.1) is 25.0 Å². The van der Waals surface area contributed by atoms with Crippen LogP contribution in [0.25, 0.3) is 11.1 Å². The van der Waals surface area contributed by atoms with Crippen molar-refractivity contribution in [2.75, 3.05) is 25.1 Å². The van der Waals surface area contributed by atoms with Crippen molar-refractivity contribution in [3.8, 4) is 28.4 Å². The fraction of sp³-hybridized carbons (Fsp3) is 0.448. The van der Waals surface area contributed by atoms with E-state index in [0.29, 0.717) is 17.5 Å². The SMILES string of the molecule is COc1ccccc1Oc1c(-c2cnn(C3CCNCC3)c2)ccc2c1CCC(C)N2C(=O)C1CC1. The summed E-state index contributed by atoms with van der Waals surface area (Å²) in [5.41, 5.74) is 4.08. The van der Waals surface area contributed by atoms with E-state index in [9.17, 15) is 4.79 Å². The van der Waals surface area contributed by atoms with Crippen LogP contribution in [0.15, 0.2) is 48.8 Å². The fourth-order valence-corrected chi connectivity index (χ4v) is 5.57. The first kappa shape index (κ1) is 23.1. The lowest BCUT2D eigenvalue weighted by atomic mass is 9.92. The zero-order valence-electron chi connectivity index (χ0n) is 21.1. The average molecular weight is 487 g/mol. The van der Waals surface area contributed by atoms with E-state index in [2.05, 4.69) is 35.3 Å². The second kappa shape index (κ2) is 9.62. The van der Waals surface area contributed by atoms with E-state index in [-0.39, 0.29) is 17.9 Å². The Morgan fingerprint density at radius 1 is 1.03 bits per heavy atom. The van der Waals surface area contributed by atoms with Gasteiger partial charge in [-0.25, -0.2) is 0 Å². The molecule has 0 radical (unpaired) electrons. The van der Waals surface area contributed by atoms with Gasteiger partial charge in [0.15, 0.2) is 11.5 Å². The lowest BCUT2D eigenvalue weighted by molar-refractivity contribution is -0.120. The first-order valence-corrected chi connectivity index (χ1v) is 13.2. The summed E-state index contributed by atoms with van der Waals surface area (Å²) in [5, 5.41) is 8.17. The molecule has 1 unspecified atom stereocenters. The Hall–Kier alpha value is -3.32. The number of aromatic nitrogens is 2. The quantitative estimate of drug-likeness (QED) is 0.509. The number of nitrogens with one attached hydrogen (secondary N) is 1. The van der Waals surface area contributed by atoms with Crippen LogP contribution >= 0.6 is 0 Å². The van der Waals surface area contributed by atoms with E-state index in [1.54, 1.807) is 7.11 Å². The molecule has 36 heavy (non-hydrogen) atoms. The van der Waals surface area contributed by atoms with Crippen LogP contribution in [0, 0.1) is 5.92 Å². The Kier molecular flexibility index (Phi) is 6.17. The molecule has 1 aliphatic carbocycles. The molecule has 1 atom stereocenters. The normalized spacial score (nSPS) is 20.2. The van der Waals surface area contributed by atoms with Crippen LogP contribution in [-0.2, 0) is 11.2 Å². The number of amides is 1. The van der Waals surface area contributed by atoms with E-state index in [1.165, 1.54) is 0 Å². The second-order valence-corrected chi connectivity index (χ2v) is 10.3. The highest BCUT2D eigenvalue weighted by atomic mass is 16.5. The zero-order chi connectivity index (χ0) is 24.6. The van der Waals surface area contributed by atoms with E-state index in [1.807, 2.05) is 35.4 Å². The molecule has 0 spiro atoms. The number of ether oxygens (including phenoxy) is 2. The number of fused-ring (bicyclic) bond motifs is 1. The Morgan fingerprint density at radius 2 is 1.81 bits per heavy atom. The van der Waals surface area contributed by atoms with Gasteiger partial charge < -0.3 is 19.7 Å². The lowest BCUT2D eigenvalue weighted by Crippen LogP contribution is -2.43. The minimum atomic E-state index is 0.167. The van der Waals surface area contributed by atoms with Crippen LogP contribution < -0.4 is 19.7 Å². The second-order valence-electron chi connectivity index (χ2n) is 10.3. The van der Waals surface area contributed by atoms with Gasteiger partial charge >= 0.3 is 0 Å². The molecular weight excluding hydrogens is 452 g/mol. The number of methoxy groups -OCH3 is 1. The molecular formula is C29H34N4O3. The van der Waals surface area contributed by atoms with Crippen molar-refractivity contribution in [1.29, 1.82) is 0 Å². The Balaban J connectivity index is 1.45. The molecule has 2 aromatic carbocycles. The van der Waals surface area contributed by atoms with E-state index in [4.69, 9.17) is 14.6 Å². The number of hydrogen-bond donors (Lipinski definition) is 1. The molecule has 1 aromatic heterocycles. The fourth-order valence-electron chi connectivity index (χ4n) is 5.57. The largest absolute Gasteiger partial charge is 0.493 e. The van der Waals surface area contributed by atoms with Crippen molar-refractivity contribution in [1.82, 2.24) is 15.1 Å². The Bertz CT molecular complexity index is 1260. The average Bonchev–Trinajstić information content (AvgIpc) is 3.66. The Labute approximate surface area is 212 Å². The highest BCUT2D eigenvalue weighted by molar-refractivity contribution is 5.99. The molecule has 3 aliphatic rings. The van der Waals surface area contributed by atoms with Crippen LogP contribution in [0.4, 0.5) is 5.69 Å². The maximum absolute atomic E-state index is 13.3. The minimum Gasteiger partial charge on any atom is -0.493 e. The van der Waals surface area contributed by atoms with Gasteiger partial charge in [-0.1, -0.05) is 12.1 Å². The molecule has 2 fully saturated rings. The number of rotatable bonds is 6. The lowest BCUT2D eigenvalue weighted by Gasteiger charge is -2.36. The number of carbonyl (C=O) groups excluding carboxylic acids is 1. The van der Waals surface area contributed by atoms with Crippen molar-refractivity contribution >= 4 is 11.6 Å². The molecule has 7 nitrogen and oxygen atoms in total. The summed E-state index contributed by atoms with van der Waals surface area (Å²) in [4.78, 5) is 15.3. The molecule has 6 rings (SSSR count). The van der Waals surface area contributed by atoms with Gasteiger partial charge in [-0.2, -0.15) is 5.10 Å². The maximum Gasteiger partial charge on any atom is 0.230 e. The minimum absolute atomic E-state index is 0.167. The number of anilines is 1. The first-order chi connectivity index (χ1) is 17.6. The van der Waals surface area contributed by atoms with E-state index in [0.717, 1.165) is 79.7 Å². The smallest absolute Gasteiger partial charge is 0.230 e. The monoisotopic (exact) mass is 486 g/mol. The third kappa shape index (κ3) is 4.26. The summed E-state index contributed by atoms with van der Waals surface area (Å²) < 4.78 is 14.4. The third-order valence-electron chi connectivity index (χ3n) is 7.79. The van der Waals surface area contributed by atoms with Crippen molar-refractivity contribution in [3.63, 3.8) is 0 Å². The topological polar surface area (TPSA) is 68.6 Å². The number of hydrogen-bond acceptors (Lipinski definition) is 5. The number of nitrogens with zero attached hydrogens (tertiary/aromatic N) is 3. The molecule has 188 valence electrons. The predicted molar refractivity (Wildman–Crippen MR) is 140 cm³/mol. The maximum atomic E-state index is 13.3. The van der Waals surface area contributed by atoms with Crippen molar-refractivity contribution < 1.29 is 14.3 Å². The zero-order valence-corrected chi connectivity index (χ0v) is 21.1. The standard InChI is InChI=1S/C29H34N4O3/c1-19-7-10-24-25(33(19)29(34)20-8-9-20)12-11-23(28(24)36-27-6-4-3-5-26(27)35-2)21-17-31-32(18-21)22-13-15-30-16-14-22/h3-6,11-12,17-20,22,30H,7-10,13-16H2,1-2H3. The van der Waals surface area contributed by atoms with Crippen LogP contribution in [0.1, 0.15) is 50.6 Å². The molecule has 1 N–H and O–H groups in total. The molecule has 0 bridgehead atoms. The van der Waals surface area contributed by atoms with Gasteiger partial charge in [-0.15, -0.1) is 0 Å². The van der Waals surface area contributed by atoms with Gasteiger partial charge in [-0.05, 0) is 82.8 Å². The van der Waals surface area contributed by atoms with Gasteiger partial charge in [-0.3, -0.25) is 9.48 Å². The molecule has 1 saturated heterocycles. The van der Waals surface area contributed by atoms with Gasteiger partial charge in [0.1, 0.15) is 5.75 Å². The molecule has 2 aliphatic heterocycles. The van der Waals surface area contributed by atoms with Crippen LogP contribution in [0.5, 0.6) is 17.2 Å². The molecule has 7 heteroatoms. The van der Waals surface area contributed by atoms with Crippen molar-refractivity contribution in [2.45, 2.75) is 57.5 Å². The van der Waals surface area contributed by atoms with Crippen molar-refractivity contribution in [3.05, 3.63) is 54.4 Å². The van der Waals surface area contributed by atoms with E-state index < -0.39 is 0 Å². The van der Waals surface area contributed by atoms with Gasteiger partial charge in [0.25, 0.3) is 0 Å². The highest BCUT2D eigenvalue weighted by Gasteiger charge is 2.39. The molecule has 3 aromatic rings. The molecule has 1 amide bonds. The Morgan fingerprint density at radius 3 is 2.56 bits per heavy atom. The number of carbonyl (C=O) groups is 1. The first-order valence-electron chi connectivity index (χ1n) is 13.2. The van der Waals surface area contributed by atoms with E-state index >= 15 is 0 Å². The summed E-state index contributed by atoms with van der Waals surface area (Å²) in [6.45, 7) is 4.19. The summed E-state index contributed by atoms with van der Waals surface area (Å²) in [5.74, 6) is 2.56. The summed E-state index contributed by atoms with van der Waals surface area (Å²) in [6, 6.07) is 12.5.